The third kappa shape index (κ3) is 4.38. The molecule has 2 aromatic heterocycles. The number of ether oxygens (including phenoxy) is 2. The lowest BCUT2D eigenvalue weighted by molar-refractivity contribution is -0.148. The Morgan fingerprint density at radius 2 is 2.27 bits per heavy atom. The van der Waals surface area contributed by atoms with Gasteiger partial charge >= 0.3 is 0 Å². The first-order valence-electron chi connectivity index (χ1n) is 11.2. The minimum Gasteiger partial charge on any atom is -0.385 e. The summed E-state index contributed by atoms with van der Waals surface area (Å²) in [5, 5.41) is 4.49. The van der Waals surface area contributed by atoms with E-state index < -0.39 is 0 Å². The van der Waals surface area contributed by atoms with E-state index in [9.17, 15) is 4.79 Å². The van der Waals surface area contributed by atoms with Crippen LogP contribution in [0.25, 0.3) is 10.9 Å². The molecule has 1 aliphatic carbocycles. The molecule has 3 heterocycles. The molecule has 2 fully saturated rings. The zero-order chi connectivity index (χ0) is 21.1. The van der Waals surface area contributed by atoms with Crippen molar-refractivity contribution in [2.45, 2.75) is 64.3 Å². The van der Waals surface area contributed by atoms with Gasteiger partial charge in [-0.05, 0) is 51.2 Å². The lowest BCUT2D eigenvalue weighted by Gasteiger charge is -2.34. The molecule has 1 saturated heterocycles. The van der Waals surface area contributed by atoms with Crippen molar-refractivity contribution >= 4 is 16.8 Å². The van der Waals surface area contributed by atoms with Crippen LogP contribution in [0.15, 0.2) is 18.5 Å². The summed E-state index contributed by atoms with van der Waals surface area (Å²) in [7, 11) is 1.74. The second-order valence-corrected chi connectivity index (χ2v) is 8.49. The molecule has 7 nitrogen and oxygen atoms in total. The number of nitrogens with one attached hydrogen (secondary N) is 1. The monoisotopic (exact) mass is 414 g/mol. The minimum atomic E-state index is -0.382. The number of aromatic nitrogens is 2. The normalized spacial score (nSPS) is 20.4. The Hall–Kier alpha value is -1.96. The predicted octanol–water partition coefficient (Wildman–Crippen LogP) is 2.81. The number of carbonyl (C=O) groups excluding carboxylic acids is 1. The summed E-state index contributed by atoms with van der Waals surface area (Å²) in [4.78, 5) is 20.0. The van der Waals surface area contributed by atoms with Gasteiger partial charge in [0, 0.05) is 57.2 Å². The van der Waals surface area contributed by atoms with E-state index >= 15 is 0 Å². The van der Waals surface area contributed by atoms with Crippen LogP contribution in [-0.4, -0.2) is 65.9 Å². The number of morpholine rings is 1. The summed E-state index contributed by atoms with van der Waals surface area (Å²) < 4.78 is 13.3. The van der Waals surface area contributed by atoms with E-state index in [1.165, 1.54) is 16.5 Å². The number of pyridine rings is 1. The maximum absolute atomic E-state index is 13.4. The molecule has 164 valence electrons. The average molecular weight is 415 g/mol. The Kier molecular flexibility index (Phi) is 6.71. The molecular formula is C23H34N4O3. The molecule has 0 aromatic carbocycles. The maximum Gasteiger partial charge on any atom is 0.253 e. The highest BCUT2D eigenvalue weighted by atomic mass is 16.5. The van der Waals surface area contributed by atoms with Gasteiger partial charge in [0.2, 0.25) is 0 Å². The van der Waals surface area contributed by atoms with Gasteiger partial charge in [0.25, 0.3) is 5.91 Å². The van der Waals surface area contributed by atoms with Gasteiger partial charge in [-0.2, -0.15) is 0 Å². The second-order valence-electron chi connectivity index (χ2n) is 8.49. The lowest BCUT2D eigenvalue weighted by atomic mass is 10.0. The van der Waals surface area contributed by atoms with Gasteiger partial charge in [-0.15, -0.1) is 0 Å². The second kappa shape index (κ2) is 9.45. The standard InChI is InChI=1S/C23H34N4O3/c1-16-22-19(8-9-25-16)20(15-26(22)11-4-5-12-29-3)17(2)27(18-6-7-18)23(28)21-14-24-10-13-30-21/h8-9,15,17-18,21,24H,4-7,10-14H2,1-3H3/t17-,21-/m1/s1. The first-order valence-corrected chi connectivity index (χ1v) is 11.2. The highest BCUT2D eigenvalue weighted by molar-refractivity contribution is 5.88. The van der Waals surface area contributed by atoms with Gasteiger partial charge in [0.1, 0.15) is 6.10 Å². The summed E-state index contributed by atoms with van der Waals surface area (Å²) in [5.74, 6) is 0.115. The van der Waals surface area contributed by atoms with Crippen molar-refractivity contribution in [1.29, 1.82) is 0 Å². The molecule has 0 unspecified atom stereocenters. The summed E-state index contributed by atoms with van der Waals surface area (Å²) in [6, 6.07) is 2.41. The Morgan fingerprint density at radius 3 is 2.97 bits per heavy atom. The lowest BCUT2D eigenvalue weighted by Crippen LogP contribution is -2.50. The molecule has 0 radical (unpaired) electrons. The van der Waals surface area contributed by atoms with Gasteiger partial charge in [0.05, 0.1) is 23.9 Å². The number of unbranched alkanes of at least 4 members (excludes halogenated alkanes) is 1. The number of methoxy groups -OCH3 is 1. The first kappa shape index (κ1) is 21.3. The molecule has 1 aliphatic heterocycles. The van der Waals surface area contributed by atoms with Gasteiger partial charge in [-0.3, -0.25) is 9.78 Å². The SMILES string of the molecule is COCCCCn1cc([C@@H](C)N(C(=O)[C@H]2CNCCO2)C2CC2)c2ccnc(C)c21. The number of carbonyl (C=O) groups is 1. The quantitative estimate of drug-likeness (QED) is 0.639. The predicted molar refractivity (Wildman–Crippen MR) is 116 cm³/mol. The van der Waals surface area contributed by atoms with E-state index in [2.05, 4.69) is 45.9 Å². The number of aryl methyl sites for hydroxylation is 2. The van der Waals surface area contributed by atoms with Crippen molar-refractivity contribution in [1.82, 2.24) is 19.8 Å². The molecule has 30 heavy (non-hydrogen) atoms. The number of amides is 1. The largest absolute Gasteiger partial charge is 0.385 e. The van der Waals surface area contributed by atoms with Crippen molar-refractivity contribution in [3.05, 3.63) is 29.7 Å². The fraction of sp³-hybridized carbons (Fsp3) is 0.652. The van der Waals surface area contributed by atoms with Crippen molar-refractivity contribution in [2.75, 3.05) is 33.4 Å². The summed E-state index contributed by atoms with van der Waals surface area (Å²) in [5.41, 5.74) is 3.41. The third-order valence-corrected chi connectivity index (χ3v) is 6.26. The molecule has 2 aromatic rings. The number of nitrogens with zero attached hydrogens (tertiary/aromatic N) is 3. The Bertz CT molecular complexity index is 871. The van der Waals surface area contributed by atoms with E-state index in [4.69, 9.17) is 9.47 Å². The third-order valence-electron chi connectivity index (χ3n) is 6.26. The van der Waals surface area contributed by atoms with Crippen LogP contribution in [0, 0.1) is 6.92 Å². The zero-order valence-corrected chi connectivity index (χ0v) is 18.4. The molecule has 0 spiro atoms. The van der Waals surface area contributed by atoms with E-state index in [-0.39, 0.29) is 18.1 Å². The smallest absolute Gasteiger partial charge is 0.253 e. The van der Waals surface area contributed by atoms with Crippen molar-refractivity contribution in [2.24, 2.45) is 0 Å². The Balaban J connectivity index is 1.63. The molecule has 4 rings (SSSR count). The van der Waals surface area contributed by atoms with Crippen LogP contribution < -0.4 is 5.32 Å². The fourth-order valence-corrected chi connectivity index (χ4v) is 4.57. The Labute approximate surface area is 178 Å². The highest BCUT2D eigenvalue weighted by Crippen LogP contribution is 2.38. The van der Waals surface area contributed by atoms with Gasteiger partial charge in [0.15, 0.2) is 0 Å². The molecule has 2 aliphatic rings. The van der Waals surface area contributed by atoms with Crippen LogP contribution in [0.5, 0.6) is 0 Å². The molecule has 7 heteroatoms. The van der Waals surface area contributed by atoms with Crippen LogP contribution in [0.2, 0.25) is 0 Å². The molecule has 1 amide bonds. The average Bonchev–Trinajstić information content (AvgIpc) is 3.52. The van der Waals surface area contributed by atoms with E-state index in [0.717, 1.165) is 51.1 Å². The number of hydrogen-bond donors (Lipinski definition) is 1. The zero-order valence-electron chi connectivity index (χ0n) is 18.4. The summed E-state index contributed by atoms with van der Waals surface area (Å²) in [6.07, 6.45) is 7.96. The van der Waals surface area contributed by atoms with Crippen LogP contribution in [-0.2, 0) is 20.8 Å². The number of rotatable bonds is 9. The van der Waals surface area contributed by atoms with Crippen molar-refractivity contribution in [3.8, 4) is 0 Å². The van der Waals surface area contributed by atoms with E-state index in [1.54, 1.807) is 7.11 Å². The fourth-order valence-electron chi connectivity index (χ4n) is 4.57. The molecule has 2 atom stereocenters. The Morgan fingerprint density at radius 1 is 1.43 bits per heavy atom. The first-order chi connectivity index (χ1) is 14.6. The van der Waals surface area contributed by atoms with Crippen LogP contribution in [0.3, 0.4) is 0 Å². The molecule has 1 N–H and O–H groups in total. The highest BCUT2D eigenvalue weighted by Gasteiger charge is 2.40. The van der Waals surface area contributed by atoms with E-state index in [1.807, 2.05) is 6.20 Å². The van der Waals surface area contributed by atoms with Crippen LogP contribution in [0.4, 0.5) is 0 Å². The molecule has 1 saturated carbocycles. The van der Waals surface area contributed by atoms with E-state index in [0.29, 0.717) is 19.2 Å². The maximum atomic E-state index is 13.4. The van der Waals surface area contributed by atoms with Crippen molar-refractivity contribution < 1.29 is 14.3 Å². The number of hydrogen-bond acceptors (Lipinski definition) is 5. The summed E-state index contributed by atoms with van der Waals surface area (Å²) >= 11 is 0. The topological polar surface area (TPSA) is 68.6 Å². The summed E-state index contributed by atoms with van der Waals surface area (Å²) in [6.45, 7) is 7.92. The van der Waals surface area contributed by atoms with Crippen molar-refractivity contribution in [3.63, 3.8) is 0 Å². The number of fused-ring (bicyclic) bond motifs is 1. The van der Waals surface area contributed by atoms with Crippen LogP contribution in [0.1, 0.15) is 49.9 Å². The molecular weight excluding hydrogens is 380 g/mol. The molecule has 0 bridgehead atoms. The minimum absolute atomic E-state index is 0.0000478. The van der Waals surface area contributed by atoms with Gasteiger partial charge < -0.3 is 24.3 Å². The van der Waals surface area contributed by atoms with Crippen LogP contribution >= 0.6 is 0 Å². The van der Waals surface area contributed by atoms with Gasteiger partial charge in [-0.25, -0.2) is 0 Å². The van der Waals surface area contributed by atoms with Gasteiger partial charge in [-0.1, -0.05) is 0 Å².